The second-order valence-electron chi connectivity index (χ2n) is 16.4. The van der Waals surface area contributed by atoms with E-state index in [1.807, 2.05) is 48.5 Å². The van der Waals surface area contributed by atoms with E-state index in [-0.39, 0.29) is 0 Å². The highest BCUT2D eigenvalue weighted by molar-refractivity contribution is 6.17. The van der Waals surface area contributed by atoms with Gasteiger partial charge >= 0.3 is 0 Å². The quantitative estimate of drug-likeness (QED) is 0.168. The molecule has 0 aliphatic rings. The molecule has 0 saturated heterocycles. The van der Waals surface area contributed by atoms with Crippen molar-refractivity contribution in [1.29, 1.82) is 0 Å². The predicted molar refractivity (Wildman–Crippen MR) is 264 cm³/mol. The molecule has 3 aromatic heterocycles. The summed E-state index contributed by atoms with van der Waals surface area (Å²) in [7, 11) is 0. The van der Waals surface area contributed by atoms with Crippen LogP contribution in [0.4, 0.5) is 0 Å². The van der Waals surface area contributed by atoms with Crippen LogP contribution in [-0.2, 0) is 0 Å². The second-order valence-corrected chi connectivity index (χ2v) is 16.4. The van der Waals surface area contributed by atoms with Crippen LogP contribution in [0.2, 0.25) is 0 Å². The Balaban J connectivity index is 1.08. The Morgan fingerprint density at radius 1 is 0.297 bits per heavy atom. The van der Waals surface area contributed by atoms with Crippen LogP contribution in [0.5, 0.6) is 0 Å². The molecule has 64 heavy (non-hydrogen) atoms. The van der Waals surface area contributed by atoms with Crippen molar-refractivity contribution in [2.75, 3.05) is 0 Å². The molecule has 0 aliphatic carbocycles. The van der Waals surface area contributed by atoms with E-state index in [1.54, 1.807) is 0 Å². The molecule has 5 heteroatoms. The van der Waals surface area contributed by atoms with E-state index in [2.05, 4.69) is 174 Å². The summed E-state index contributed by atoms with van der Waals surface area (Å²) in [5.74, 6) is 1.78. The van der Waals surface area contributed by atoms with Crippen molar-refractivity contribution in [3.05, 3.63) is 218 Å². The van der Waals surface area contributed by atoms with E-state index in [0.717, 1.165) is 77.6 Å². The van der Waals surface area contributed by atoms with Gasteiger partial charge < -0.3 is 8.98 Å². The van der Waals surface area contributed by atoms with E-state index >= 15 is 0 Å². The normalized spacial score (nSPS) is 11.8. The molecule has 0 N–H and O–H groups in total. The molecule has 5 nitrogen and oxygen atoms in total. The summed E-state index contributed by atoms with van der Waals surface area (Å²) in [6.07, 6.45) is 0. The average molecular weight is 817 g/mol. The summed E-state index contributed by atoms with van der Waals surface area (Å²) in [6, 6.07) is 77.2. The van der Waals surface area contributed by atoms with Gasteiger partial charge in [-0.1, -0.05) is 146 Å². The van der Waals surface area contributed by atoms with Crippen LogP contribution in [0.1, 0.15) is 0 Å². The molecule has 0 saturated carbocycles. The number of benzene rings is 10. The zero-order valence-electron chi connectivity index (χ0n) is 34.5. The predicted octanol–water partition coefficient (Wildman–Crippen LogP) is 15.5. The van der Waals surface area contributed by atoms with Crippen LogP contribution >= 0.6 is 0 Å². The maximum atomic E-state index is 6.22. The van der Waals surface area contributed by atoms with Crippen molar-refractivity contribution >= 4 is 65.3 Å². The molecule has 298 valence electrons. The van der Waals surface area contributed by atoms with E-state index in [9.17, 15) is 0 Å². The van der Waals surface area contributed by atoms with Gasteiger partial charge in [-0.3, -0.25) is 0 Å². The topological polar surface area (TPSA) is 56.7 Å². The minimum atomic E-state index is 0.588. The van der Waals surface area contributed by atoms with E-state index in [1.165, 1.54) is 32.3 Å². The lowest BCUT2D eigenvalue weighted by Crippen LogP contribution is -2.02. The third-order valence-electron chi connectivity index (χ3n) is 12.6. The first-order valence-electron chi connectivity index (χ1n) is 21.6. The molecule has 13 aromatic rings. The number of furan rings is 1. The Bertz CT molecular complexity index is 3870. The molecule has 0 spiro atoms. The van der Waals surface area contributed by atoms with Crippen LogP contribution < -0.4 is 0 Å². The van der Waals surface area contributed by atoms with Crippen molar-refractivity contribution in [2.24, 2.45) is 0 Å². The van der Waals surface area contributed by atoms with Crippen LogP contribution in [0.3, 0.4) is 0 Å². The second kappa shape index (κ2) is 14.5. The molecular formula is C59H36N4O. The Kier molecular flexibility index (Phi) is 8.15. The monoisotopic (exact) mass is 816 g/mol. The molecule has 0 radical (unpaired) electrons. The van der Waals surface area contributed by atoms with Gasteiger partial charge in [0.25, 0.3) is 0 Å². The number of hydrogen-bond acceptors (Lipinski definition) is 4. The molecule has 13 rings (SSSR count). The van der Waals surface area contributed by atoms with Gasteiger partial charge in [0.05, 0.1) is 11.0 Å². The fourth-order valence-corrected chi connectivity index (χ4v) is 9.47. The molecule has 0 bridgehead atoms. The van der Waals surface area contributed by atoms with Crippen LogP contribution in [-0.4, -0.2) is 19.5 Å². The Morgan fingerprint density at radius 2 is 0.844 bits per heavy atom. The molecule has 0 amide bonds. The molecule has 10 aromatic carbocycles. The van der Waals surface area contributed by atoms with E-state index in [0.29, 0.717) is 17.5 Å². The van der Waals surface area contributed by atoms with Gasteiger partial charge in [-0.2, -0.15) is 0 Å². The highest BCUT2D eigenvalue weighted by Crippen LogP contribution is 2.41. The molecule has 0 unspecified atom stereocenters. The number of hydrogen-bond donors (Lipinski definition) is 0. The highest BCUT2D eigenvalue weighted by Gasteiger charge is 2.21. The Hall–Kier alpha value is -8.67. The fourth-order valence-electron chi connectivity index (χ4n) is 9.47. The SMILES string of the molecule is c1ccc(-c2cccc(-c3cc(-n4c5cc6ccccc6cc5c5cc6ccccc6cc54)ccc3-c3nc(-c4ccccc4)nc(-c4ccc5oc6ccccc6c5c4)n3)c2)cc1. The molecular weight excluding hydrogens is 781 g/mol. The van der Waals surface area contributed by atoms with Crippen LogP contribution in [0.25, 0.3) is 127 Å². The van der Waals surface area contributed by atoms with Crippen molar-refractivity contribution in [3.63, 3.8) is 0 Å². The van der Waals surface area contributed by atoms with Gasteiger partial charge in [-0.15, -0.1) is 0 Å². The lowest BCUT2D eigenvalue weighted by Gasteiger charge is -2.16. The van der Waals surface area contributed by atoms with Gasteiger partial charge in [0.1, 0.15) is 11.2 Å². The summed E-state index contributed by atoms with van der Waals surface area (Å²) in [5, 5.41) is 9.34. The van der Waals surface area contributed by atoms with Gasteiger partial charge in [0.2, 0.25) is 0 Å². The first-order chi connectivity index (χ1) is 31.7. The van der Waals surface area contributed by atoms with Gasteiger partial charge in [-0.25, -0.2) is 15.0 Å². The average Bonchev–Trinajstić information content (AvgIpc) is 3.89. The lowest BCUT2D eigenvalue weighted by molar-refractivity contribution is 0.669. The summed E-state index contributed by atoms with van der Waals surface area (Å²) in [4.78, 5) is 15.8. The zero-order chi connectivity index (χ0) is 42.1. The number of fused-ring (bicyclic) bond motifs is 8. The number of para-hydroxylation sites is 1. The van der Waals surface area contributed by atoms with Crippen molar-refractivity contribution < 1.29 is 4.42 Å². The molecule has 3 heterocycles. The molecule has 0 fully saturated rings. The minimum Gasteiger partial charge on any atom is -0.456 e. The number of rotatable bonds is 6. The minimum absolute atomic E-state index is 0.588. The largest absolute Gasteiger partial charge is 0.456 e. The summed E-state index contributed by atoms with van der Waals surface area (Å²) >= 11 is 0. The summed E-state index contributed by atoms with van der Waals surface area (Å²) in [6.45, 7) is 0. The maximum Gasteiger partial charge on any atom is 0.164 e. The molecule has 0 aliphatic heterocycles. The van der Waals surface area contributed by atoms with Crippen molar-refractivity contribution in [1.82, 2.24) is 19.5 Å². The third-order valence-corrected chi connectivity index (χ3v) is 12.6. The van der Waals surface area contributed by atoms with Crippen molar-refractivity contribution in [2.45, 2.75) is 0 Å². The number of aromatic nitrogens is 4. The Morgan fingerprint density at radius 3 is 1.55 bits per heavy atom. The first-order valence-corrected chi connectivity index (χ1v) is 21.6. The van der Waals surface area contributed by atoms with E-state index in [4.69, 9.17) is 19.4 Å². The lowest BCUT2D eigenvalue weighted by atomic mass is 9.94. The van der Waals surface area contributed by atoms with E-state index < -0.39 is 0 Å². The summed E-state index contributed by atoms with van der Waals surface area (Å²) in [5.41, 5.74) is 12.1. The highest BCUT2D eigenvalue weighted by atomic mass is 16.3. The molecule has 0 atom stereocenters. The fraction of sp³-hybridized carbons (Fsp3) is 0. The van der Waals surface area contributed by atoms with Crippen LogP contribution in [0, 0.1) is 0 Å². The van der Waals surface area contributed by atoms with Gasteiger partial charge in [-0.05, 0) is 117 Å². The summed E-state index contributed by atoms with van der Waals surface area (Å²) < 4.78 is 8.65. The standard InChI is InChI=1S/C59H36N4O/c1-3-14-37(15-4-1)39-22-13-23-44(30-39)49-36-46(63-53-34-42-20-9-7-18-40(42)31-50(53)51-32-41-19-8-10-21-43(41)35-54(51)63)27-28-48(49)59-61-57(38-16-5-2-6-17-38)60-58(62-59)45-26-29-56-52(33-45)47-24-11-12-25-55(47)64-56/h1-36H. The number of nitrogens with zero attached hydrogens (tertiary/aromatic N) is 4. The maximum absolute atomic E-state index is 6.22. The Labute approximate surface area is 368 Å². The van der Waals surface area contributed by atoms with Crippen LogP contribution in [0.15, 0.2) is 223 Å². The third kappa shape index (κ3) is 5.98. The van der Waals surface area contributed by atoms with Gasteiger partial charge in [0, 0.05) is 43.9 Å². The first kappa shape index (κ1) is 36.0. The zero-order valence-corrected chi connectivity index (χ0v) is 34.5. The smallest absolute Gasteiger partial charge is 0.164 e. The van der Waals surface area contributed by atoms with Gasteiger partial charge in [0.15, 0.2) is 17.5 Å². The van der Waals surface area contributed by atoms with Crippen molar-refractivity contribution in [3.8, 4) is 62.1 Å².